The average Bonchev–Trinajstić information content (AvgIpc) is 2.73. The summed E-state index contributed by atoms with van der Waals surface area (Å²) in [6.07, 6.45) is -3.22. The van der Waals surface area contributed by atoms with Crippen LogP contribution in [0.3, 0.4) is 0 Å². The summed E-state index contributed by atoms with van der Waals surface area (Å²) in [6, 6.07) is 10.4. The smallest absolute Gasteiger partial charge is 0.378 e. The van der Waals surface area contributed by atoms with Gasteiger partial charge >= 0.3 is 6.18 Å². The van der Waals surface area contributed by atoms with Crippen LogP contribution < -0.4 is 10.2 Å². The molecule has 150 valence electrons. The number of rotatable bonds is 3. The van der Waals surface area contributed by atoms with E-state index >= 15 is 0 Å². The number of halogens is 3. The molecule has 6 nitrogen and oxygen atoms in total. The quantitative estimate of drug-likeness (QED) is 0.723. The Hall–Kier alpha value is -3.20. The lowest BCUT2D eigenvalue weighted by Gasteiger charge is -2.31. The summed E-state index contributed by atoms with van der Waals surface area (Å²) in [7, 11) is 0. The van der Waals surface area contributed by atoms with E-state index in [4.69, 9.17) is 4.74 Å². The van der Waals surface area contributed by atoms with Crippen molar-refractivity contribution in [2.45, 2.75) is 6.18 Å². The summed E-state index contributed by atoms with van der Waals surface area (Å²) >= 11 is 0. The Kier molecular flexibility index (Phi) is 5.06. The number of benzene rings is 2. The van der Waals surface area contributed by atoms with Gasteiger partial charge in [-0.25, -0.2) is 4.98 Å². The molecule has 0 bridgehead atoms. The van der Waals surface area contributed by atoms with E-state index in [-0.39, 0.29) is 11.4 Å². The van der Waals surface area contributed by atoms with Gasteiger partial charge in [-0.05, 0) is 30.3 Å². The minimum atomic E-state index is -4.52. The predicted octanol–water partition coefficient (Wildman–Crippen LogP) is 3.74. The number of hydrogen-bond donors (Lipinski definition) is 1. The van der Waals surface area contributed by atoms with Crippen LogP contribution in [-0.2, 0) is 10.9 Å². The molecule has 1 aliphatic rings. The van der Waals surface area contributed by atoms with Crippen LogP contribution in [0.15, 0.2) is 48.7 Å². The summed E-state index contributed by atoms with van der Waals surface area (Å²) in [6.45, 7) is 1.96. The molecule has 1 aliphatic heterocycles. The number of anilines is 2. The highest BCUT2D eigenvalue weighted by Crippen LogP contribution is 2.36. The number of ether oxygens (including phenoxy) is 1. The second-order valence-electron chi connectivity index (χ2n) is 6.53. The SMILES string of the molecule is O=C(Nc1cc(C(F)(F)F)ccc1N1CCOCC1)c1cnc2ccccc2n1. The van der Waals surface area contributed by atoms with Gasteiger partial charge in [-0.2, -0.15) is 13.2 Å². The second-order valence-corrected chi connectivity index (χ2v) is 6.53. The van der Waals surface area contributed by atoms with Crippen molar-refractivity contribution in [3.05, 3.63) is 59.9 Å². The fourth-order valence-corrected chi connectivity index (χ4v) is 3.15. The number of nitrogens with one attached hydrogen (secondary N) is 1. The number of hydrogen-bond acceptors (Lipinski definition) is 5. The van der Waals surface area contributed by atoms with Gasteiger partial charge in [0.2, 0.25) is 0 Å². The summed E-state index contributed by atoms with van der Waals surface area (Å²) in [5.74, 6) is -0.628. The first-order chi connectivity index (χ1) is 13.9. The third kappa shape index (κ3) is 4.14. The highest BCUT2D eigenvalue weighted by Gasteiger charge is 2.32. The molecule has 0 aliphatic carbocycles. The minimum Gasteiger partial charge on any atom is -0.378 e. The van der Waals surface area contributed by atoms with Crippen LogP contribution in [0.4, 0.5) is 24.5 Å². The zero-order chi connectivity index (χ0) is 20.4. The maximum absolute atomic E-state index is 13.2. The number of alkyl halides is 3. The predicted molar refractivity (Wildman–Crippen MR) is 102 cm³/mol. The van der Waals surface area contributed by atoms with Gasteiger partial charge in [-0.3, -0.25) is 9.78 Å². The molecule has 9 heteroatoms. The number of para-hydroxylation sites is 2. The van der Waals surface area contributed by atoms with Crippen molar-refractivity contribution in [2.75, 3.05) is 36.5 Å². The van der Waals surface area contributed by atoms with Crippen molar-refractivity contribution in [3.63, 3.8) is 0 Å². The number of carbonyl (C=O) groups is 1. The zero-order valence-corrected chi connectivity index (χ0v) is 15.2. The molecule has 1 amide bonds. The van der Waals surface area contributed by atoms with Crippen LogP contribution in [0.25, 0.3) is 11.0 Å². The van der Waals surface area contributed by atoms with E-state index < -0.39 is 17.6 Å². The number of fused-ring (bicyclic) bond motifs is 1. The van der Waals surface area contributed by atoms with E-state index in [1.165, 1.54) is 12.3 Å². The number of morpholine rings is 1. The molecule has 0 radical (unpaired) electrons. The molecule has 2 aromatic carbocycles. The Bertz CT molecular complexity index is 1050. The molecule has 0 atom stereocenters. The third-order valence-corrected chi connectivity index (χ3v) is 4.61. The van der Waals surface area contributed by atoms with Gasteiger partial charge in [0.25, 0.3) is 5.91 Å². The van der Waals surface area contributed by atoms with Crippen LogP contribution in [0.5, 0.6) is 0 Å². The van der Waals surface area contributed by atoms with Crippen molar-refractivity contribution in [2.24, 2.45) is 0 Å². The molecular formula is C20H17F3N4O2. The molecular weight excluding hydrogens is 385 g/mol. The van der Waals surface area contributed by atoms with E-state index in [9.17, 15) is 18.0 Å². The fourth-order valence-electron chi connectivity index (χ4n) is 3.15. The van der Waals surface area contributed by atoms with Gasteiger partial charge in [0.1, 0.15) is 5.69 Å². The van der Waals surface area contributed by atoms with Gasteiger partial charge in [0, 0.05) is 13.1 Å². The van der Waals surface area contributed by atoms with Gasteiger partial charge in [0.05, 0.1) is 47.4 Å². The van der Waals surface area contributed by atoms with Crippen molar-refractivity contribution < 1.29 is 22.7 Å². The highest BCUT2D eigenvalue weighted by atomic mass is 19.4. The van der Waals surface area contributed by atoms with Gasteiger partial charge < -0.3 is 15.0 Å². The molecule has 1 aromatic heterocycles. The van der Waals surface area contributed by atoms with Crippen LogP contribution in [-0.4, -0.2) is 42.2 Å². The largest absolute Gasteiger partial charge is 0.416 e. The molecule has 3 aromatic rings. The summed E-state index contributed by atoms with van der Waals surface area (Å²) < 4.78 is 44.9. The standard InChI is InChI=1S/C20H17F3N4O2/c21-20(22,23)13-5-6-18(27-7-9-29-10-8-27)16(11-13)26-19(28)17-12-24-14-3-1-2-4-15(14)25-17/h1-6,11-12H,7-10H2,(H,26,28). The first-order valence-electron chi connectivity index (χ1n) is 8.99. The topological polar surface area (TPSA) is 67.4 Å². The molecule has 0 saturated carbocycles. The zero-order valence-electron chi connectivity index (χ0n) is 15.2. The maximum atomic E-state index is 13.2. The normalized spacial score (nSPS) is 14.8. The van der Waals surface area contributed by atoms with Crippen LogP contribution >= 0.6 is 0 Å². The Morgan fingerprint density at radius 1 is 1.07 bits per heavy atom. The number of amides is 1. The number of nitrogens with zero attached hydrogens (tertiary/aromatic N) is 3. The van der Waals surface area contributed by atoms with Gasteiger partial charge in [0.15, 0.2) is 0 Å². The lowest BCUT2D eigenvalue weighted by molar-refractivity contribution is -0.137. The summed E-state index contributed by atoms with van der Waals surface area (Å²) in [5, 5.41) is 2.58. The lowest BCUT2D eigenvalue weighted by Crippen LogP contribution is -2.37. The van der Waals surface area contributed by atoms with Crippen LogP contribution in [0.1, 0.15) is 16.1 Å². The second kappa shape index (κ2) is 7.67. The first-order valence-corrected chi connectivity index (χ1v) is 8.99. The Morgan fingerprint density at radius 2 is 1.79 bits per heavy atom. The molecule has 1 saturated heterocycles. The van der Waals surface area contributed by atoms with Gasteiger partial charge in [-0.1, -0.05) is 12.1 Å². The molecule has 1 fully saturated rings. The van der Waals surface area contributed by atoms with Crippen LogP contribution in [0.2, 0.25) is 0 Å². The highest BCUT2D eigenvalue weighted by molar-refractivity contribution is 6.05. The number of carbonyl (C=O) groups excluding carboxylic acids is 1. The maximum Gasteiger partial charge on any atom is 0.416 e. The molecule has 4 rings (SSSR count). The Morgan fingerprint density at radius 3 is 2.52 bits per heavy atom. The average molecular weight is 402 g/mol. The minimum absolute atomic E-state index is 0.0223. The van der Waals surface area contributed by atoms with Crippen molar-refractivity contribution >= 4 is 28.3 Å². The Labute approximate surface area is 164 Å². The molecule has 1 N–H and O–H groups in total. The summed E-state index contributed by atoms with van der Waals surface area (Å²) in [4.78, 5) is 23.0. The van der Waals surface area contributed by atoms with Gasteiger partial charge in [-0.15, -0.1) is 0 Å². The number of aromatic nitrogens is 2. The first kappa shape index (κ1) is 19.1. The molecule has 0 unspecified atom stereocenters. The van der Waals surface area contributed by atoms with Crippen molar-refractivity contribution in [3.8, 4) is 0 Å². The van der Waals surface area contributed by atoms with Crippen molar-refractivity contribution in [1.82, 2.24) is 9.97 Å². The van der Waals surface area contributed by atoms with E-state index in [1.54, 1.807) is 24.3 Å². The van der Waals surface area contributed by atoms with E-state index in [1.807, 2.05) is 4.90 Å². The Balaban J connectivity index is 1.68. The molecule has 29 heavy (non-hydrogen) atoms. The lowest BCUT2D eigenvalue weighted by atomic mass is 10.1. The van der Waals surface area contributed by atoms with Crippen LogP contribution in [0, 0.1) is 0 Å². The fraction of sp³-hybridized carbons (Fsp3) is 0.250. The molecule has 2 heterocycles. The van der Waals surface area contributed by atoms with E-state index in [0.29, 0.717) is 43.0 Å². The van der Waals surface area contributed by atoms with E-state index in [0.717, 1.165) is 12.1 Å². The van der Waals surface area contributed by atoms with E-state index in [2.05, 4.69) is 15.3 Å². The monoisotopic (exact) mass is 402 g/mol. The third-order valence-electron chi connectivity index (χ3n) is 4.61. The van der Waals surface area contributed by atoms with Crippen molar-refractivity contribution in [1.29, 1.82) is 0 Å². The summed E-state index contributed by atoms with van der Waals surface area (Å²) in [5.41, 5.74) is 0.906. The molecule has 0 spiro atoms.